The highest BCUT2D eigenvalue weighted by atomic mass is 16.5. The highest BCUT2D eigenvalue weighted by Crippen LogP contribution is 2.46. The Morgan fingerprint density at radius 2 is 1.67 bits per heavy atom. The second-order valence-electron chi connectivity index (χ2n) is 10.4. The lowest BCUT2D eigenvalue weighted by atomic mass is 9.77. The number of carbonyl (C=O) groups excluding carboxylic acids is 3. The number of rotatable bonds is 11. The Labute approximate surface area is 232 Å². The van der Waals surface area contributed by atoms with Crippen molar-refractivity contribution in [3.63, 3.8) is 0 Å². The number of fused-ring (bicyclic) bond motifs is 1. The molecule has 2 atom stereocenters. The van der Waals surface area contributed by atoms with Crippen LogP contribution in [0.4, 0.5) is 0 Å². The summed E-state index contributed by atoms with van der Waals surface area (Å²) < 4.78 is 5.37. The summed E-state index contributed by atoms with van der Waals surface area (Å²) in [4.78, 5) is 44.7. The van der Waals surface area contributed by atoms with Gasteiger partial charge in [-0.05, 0) is 55.3 Å². The molecule has 1 aliphatic heterocycles. The zero-order valence-electron chi connectivity index (χ0n) is 23.4. The normalized spacial score (nSPS) is 19.5. The molecule has 2 N–H and O–H groups in total. The Bertz CT molecular complexity index is 1130. The third-order valence-electron chi connectivity index (χ3n) is 8.15. The van der Waals surface area contributed by atoms with E-state index in [0.717, 1.165) is 57.3 Å². The van der Waals surface area contributed by atoms with Gasteiger partial charge < -0.3 is 25.2 Å². The first-order chi connectivity index (χ1) is 19.0. The lowest BCUT2D eigenvalue weighted by Crippen LogP contribution is -2.52. The van der Waals surface area contributed by atoms with E-state index < -0.39 is 12.0 Å². The summed E-state index contributed by atoms with van der Waals surface area (Å²) in [6.07, 6.45) is 5.13. The van der Waals surface area contributed by atoms with Gasteiger partial charge in [0, 0.05) is 24.7 Å². The number of carbonyl (C=O) groups is 3. The SMILES string of the molecule is CCN(CC)CCNC(=O)CNC(=O)[C@@H]1c2ccccc2C(=O)N(C2CCCCC2)[C@H]1c1ccc(OC)cc1. The Morgan fingerprint density at radius 1 is 0.974 bits per heavy atom. The minimum Gasteiger partial charge on any atom is -0.497 e. The first kappa shape index (κ1) is 28.6. The van der Waals surface area contributed by atoms with E-state index in [1.807, 2.05) is 53.4 Å². The quantitative estimate of drug-likeness (QED) is 0.457. The van der Waals surface area contributed by atoms with Gasteiger partial charge in [0.2, 0.25) is 11.8 Å². The number of nitrogens with one attached hydrogen (secondary N) is 2. The van der Waals surface area contributed by atoms with Crippen molar-refractivity contribution in [3.05, 3.63) is 65.2 Å². The van der Waals surface area contributed by atoms with E-state index in [0.29, 0.717) is 23.4 Å². The Morgan fingerprint density at radius 3 is 2.33 bits per heavy atom. The monoisotopic (exact) mass is 534 g/mol. The summed E-state index contributed by atoms with van der Waals surface area (Å²) in [5, 5.41) is 5.80. The molecule has 0 radical (unpaired) electrons. The van der Waals surface area contributed by atoms with E-state index in [1.165, 1.54) is 0 Å². The molecule has 0 unspecified atom stereocenters. The predicted octanol–water partition coefficient (Wildman–Crippen LogP) is 3.88. The smallest absolute Gasteiger partial charge is 0.254 e. The third-order valence-corrected chi connectivity index (χ3v) is 8.15. The molecule has 4 rings (SSSR count). The number of hydrogen-bond acceptors (Lipinski definition) is 5. The molecule has 0 saturated heterocycles. The molecule has 2 aliphatic rings. The van der Waals surface area contributed by atoms with Crippen LogP contribution < -0.4 is 15.4 Å². The Kier molecular flexibility index (Phi) is 9.98. The van der Waals surface area contributed by atoms with Gasteiger partial charge in [-0.25, -0.2) is 0 Å². The van der Waals surface area contributed by atoms with Crippen molar-refractivity contribution in [1.82, 2.24) is 20.4 Å². The van der Waals surface area contributed by atoms with Crippen LogP contribution in [0.3, 0.4) is 0 Å². The van der Waals surface area contributed by atoms with Crippen molar-refractivity contribution >= 4 is 17.7 Å². The summed E-state index contributed by atoms with van der Waals surface area (Å²) in [6, 6.07) is 14.6. The van der Waals surface area contributed by atoms with Crippen LogP contribution in [0.15, 0.2) is 48.5 Å². The van der Waals surface area contributed by atoms with E-state index in [4.69, 9.17) is 4.74 Å². The molecule has 8 nitrogen and oxygen atoms in total. The third kappa shape index (κ3) is 6.61. The van der Waals surface area contributed by atoms with Gasteiger partial charge in [0.25, 0.3) is 5.91 Å². The van der Waals surface area contributed by atoms with Crippen molar-refractivity contribution in [3.8, 4) is 5.75 Å². The molecular weight excluding hydrogens is 492 g/mol. The number of likely N-dealkylation sites (N-methyl/N-ethyl adjacent to an activating group) is 1. The molecule has 1 aliphatic carbocycles. The molecule has 0 spiro atoms. The average molecular weight is 535 g/mol. The number of methoxy groups -OCH3 is 1. The topological polar surface area (TPSA) is 91.0 Å². The standard InChI is InChI=1S/C31H42N4O4/c1-4-34(5-2)20-19-32-27(36)21-33-30(37)28-25-13-9-10-14-26(25)31(38)35(23-11-7-6-8-12-23)29(28)22-15-17-24(39-3)18-16-22/h9-10,13-18,23,28-29H,4-8,11-12,19-21H2,1-3H3,(H,32,36)(H,33,37)/t28-,29+/m1/s1. The summed E-state index contributed by atoms with van der Waals surface area (Å²) >= 11 is 0. The second-order valence-corrected chi connectivity index (χ2v) is 10.4. The molecule has 1 fully saturated rings. The predicted molar refractivity (Wildman–Crippen MR) is 152 cm³/mol. The number of ether oxygens (including phenoxy) is 1. The van der Waals surface area contributed by atoms with Crippen LogP contribution in [0.1, 0.15) is 79.4 Å². The highest BCUT2D eigenvalue weighted by molar-refractivity contribution is 6.02. The Balaban J connectivity index is 1.62. The fourth-order valence-corrected chi connectivity index (χ4v) is 5.98. The van der Waals surface area contributed by atoms with E-state index in [1.54, 1.807) is 7.11 Å². The first-order valence-corrected chi connectivity index (χ1v) is 14.3. The van der Waals surface area contributed by atoms with Gasteiger partial charge >= 0.3 is 0 Å². The van der Waals surface area contributed by atoms with Gasteiger partial charge in [-0.1, -0.05) is 63.4 Å². The van der Waals surface area contributed by atoms with Gasteiger partial charge in [0.1, 0.15) is 5.75 Å². The van der Waals surface area contributed by atoms with Crippen molar-refractivity contribution in [2.24, 2.45) is 0 Å². The first-order valence-electron chi connectivity index (χ1n) is 14.3. The maximum absolute atomic E-state index is 14.0. The maximum Gasteiger partial charge on any atom is 0.254 e. The highest BCUT2D eigenvalue weighted by Gasteiger charge is 2.46. The minimum atomic E-state index is -0.641. The molecule has 0 bridgehead atoms. The van der Waals surface area contributed by atoms with Gasteiger partial charge in [0.05, 0.1) is 25.6 Å². The molecule has 0 aromatic heterocycles. The molecule has 1 heterocycles. The number of hydrogen-bond donors (Lipinski definition) is 2. The maximum atomic E-state index is 14.0. The van der Waals surface area contributed by atoms with E-state index >= 15 is 0 Å². The van der Waals surface area contributed by atoms with Crippen LogP contribution in [-0.4, -0.2) is 73.4 Å². The molecule has 2 aromatic carbocycles. The van der Waals surface area contributed by atoms with Crippen LogP contribution in [0.25, 0.3) is 0 Å². The van der Waals surface area contributed by atoms with Crippen LogP contribution in [-0.2, 0) is 9.59 Å². The molecule has 2 aromatic rings. The summed E-state index contributed by atoms with van der Waals surface area (Å²) in [5.41, 5.74) is 2.15. The largest absolute Gasteiger partial charge is 0.497 e. The van der Waals surface area contributed by atoms with Crippen molar-refractivity contribution in [2.75, 3.05) is 39.8 Å². The van der Waals surface area contributed by atoms with Gasteiger partial charge in [-0.2, -0.15) is 0 Å². The molecule has 39 heavy (non-hydrogen) atoms. The van der Waals surface area contributed by atoms with Crippen LogP contribution in [0.2, 0.25) is 0 Å². The number of nitrogens with zero attached hydrogens (tertiary/aromatic N) is 2. The van der Waals surface area contributed by atoms with Crippen molar-refractivity contribution in [2.45, 2.75) is 64.0 Å². The van der Waals surface area contributed by atoms with E-state index in [9.17, 15) is 14.4 Å². The van der Waals surface area contributed by atoms with Gasteiger partial charge in [-0.15, -0.1) is 0 Å². The average Bonchev–Trinajstić information content (AvgIpc) is 2.98. The van der Waals surface area contributed by atoms with E-state index in [2.05, 4.69) is 29.4 Å². The molecular formula is C31H42N4O4. The zero-order valence-corrected chi connectivity index (χ0v) is 23.4. The molecule has 3 amide bonds. The summed E-state index contributed by atoms with van der Waals surface area (Å²) in [6.45, 7) is 7.22. The van der Waals surface area contributed by atoms with Crippen LogP contribution in [0, 0.1) is 0 Å². The summed E-state index contributed by atoms with van der Waals surface area (Å²) in [5.74, 6) is -0.432. The van der Waals surface area contributed by atoms with E-state index in [-0.39, 0.29) is 30.3 Å². The van der Waals surface area contributed by atoms with Crippen molar-refractivity contribution < 1.29 is 19.1 Å². The molecule has 1 saturated carbocycles. The lowest BCUT2D eigenvalue weighted by Gasteiger charge is -2.46. The molecule has 210 valence electrons. The lowest BCUT2D eigenvalue weighted by molar-refractivity contribution is -0.128. The number of benzene rings is 2. The second kappa shape index (κ2) is 13.6. The van der Waals surface area contributed by atoms with Crippen LogP contribution >= 0.6 is 0 Å². The summed E-state index contributed by atoms with van der Waals surface area (Å²) in [7, 11) is 1.62. The fourth-order valence-electron chi connectivity index (χ4n) is 5.98. The van der Waals surface area contributed by atoms with Crippen molar-refractivity contribution in [1.29, 1.82) is 0 Å². The molecule has 8 heteroatoms. The Hall–Kier alpha value is -3.39. The van der Waals surface area contributed by atoms with Gasteiger partial charge in [0.15, 0.2) is 0 Å². The van der Waals surface area contributed by atoms with Gasteiger partial charge in [-0.3, -0.25) is 14.4 Å². The zero-order chi connectivity index (χ0) is 27.8. The number of amides is 3. The minimum absolute atomic E-state index is 0.0310. The van der Waals surface area contributed by atoms with Crippen LogP contribution in [0.5, 0.6) is 5.75 Å². The fraction of sp³-hybridized carbons (Fsp3) is 0.516.